The molecule has 0 aliphatic heterocycles. The van der Waals surface area contributed by atoms with Crippen molar-refractivity contribution in [3.05, 3.63) is 24.3 Å². The fourth-order valence-electron chi connectivity index (χ4n) is 1.55. The maximum absolute atomic E-state index is 11.7. The van der Waals surface area contributed by atoms with Gasteiger partial charge >= 0.3 is 0 Å². The summed E-state index contributed by atoms with van der Waals surface area (Å²) in [5.41, 5.74) is 0.514. The first-order chi connectivity index (χ1) is 8.59. The summed E-state index contributed by atoms with van der Waals surface area (Å²) in [6, 6.07) is 8.37. The lowest BCUT2D eigenvalue weighted by Crippen LogP contribution is -2.17. The summed E-state index contributed by atoms with van der Waals surface area (Å²) < 4.78 is 31.0. The quantitative estimate of drug-likeness (QED) is 0.850. The standard InChI is InChI=1S/C12H14N2O3S/c13-7-8-17-12-5-3-11(4-6-12)14-18(15,16)9-10-1-2-10/h3-6,10,14H,1-2,8-9H2. The molecule has 0 bridgehead atoms. The molecule has 1 aliphatic rings. The van der Waals surface area contributed by atoms with Gasteiger partial charge in [0.05, 0.1) is 5.75 Å². The van der Waals surface area contributed by atoms with Gasteiger partial charge in [-0.1, -0.05) is 0 Å². The average molecular weight is 266 g/mol. The van der Waals surface area contributed by atoms with Crippen molar-refractivity contribution in [3.63, 3.8) is 0 Å². The first kappa shape index (κ1) is 12.7. The van der Waals surface area contributed by atoms with Gasteiger partial charge in [0.2, 0.25) is 10.0 Å². The number of nitrogens with one attached hydrogen (secondary N) is 1. The Bertz CT molecular complexity index is 542. The zero-order chi connectivity index (χ0) is 13.0. The fourth-order valence-corrected chi connectivity index (χ4v) is 3.08. The van der Waals surface area contributed by atoms with Crippen molar-refractivity contribution in [3.8, 4) is 11.8 Å². The van der Waals surface area contributed by atoms with Crippen LogP contribution >= 0.6 is 0 Å². The third-order valence-corrected chi connectivity index (χ3v) is 4.04. The van der Waals surface area contributed by atoms with E-state index in [1.807, 2.05) is 6.07 Å². The van der Waals surface area contributed by atoms with Crippen molar-refractivity contribution >= 4 is 15.7 Å². The molecule has 0 aromatic heterocycles. The van der Waals surface area contributed by atoms with Gasteiger partial charge in [-0.05, 0) is 43.0 Å². The SMILES string of the molecule is N#CCOc1ccc(NS(=O)(=O)CC2CC2)cc1. The molecule has 96 valence electrons. The third kappa shape index (κ3) is 3.93. The molecular weight excluding hydrogens is 252 g/mol. The molecule has 2 rings (SSSR count). The first-order valence-corrected chi connectivity index (χ1v) is 7.34. The van der Waals surface area contributed by atoms with Crippen molar-refractivity contribution in [2.24, 2.45) is 5.92 Å². The molecule has 1 saturated carbocycles. The second-order valence-electron chi connectivity index (χ2n) is 4.30. The minimum absolute atomic E-state index is 0.0211. The number of nitrogens with zero attached hydrogens (tertiary/aromatic N) is 1. The zero-order valence-corrected chi connectivity index (χ0v) is 10.6. The minimum atomic E-state index is -3.24. The van der Waals surface area contributed by atoms with E-state index >= 15 is 0 Å². The highest BCUT2D eigenvalue weighted by Gasteiger charge is 2.27. The first-order valence-electron chi connectivity index (χ1n) is 5.69. The van der Waals surface area contributed by atoms with E-state index in [0.717, 1.165) is 12.8 Å². The van der Waals surface area contributed by atoms with Crippen LogP contribution < -0.4 is 9.46 Å². The van der Waals surface area contributed by atoms with Gasteiger partial charge in [0.25, 0.3) is 0 Å². The fraction of sp³-hybridized carbons (Fsp3) is 0.417. The van der Waals surface area contributed by atoms with Crippen LogP contribution in [-0.4, -0.2) is 20.8 Å². The van der Waals surface area contributed by atoms with Gasteiger partial charge in [-0.3, -0.25) is 4.72 Å². The monoisotopic (exact) mass is 266 g/mol. The molecule has 0 unspecified atom stereocenters. The third-order valence-electron chi connectivity index (χ3n) is 2.58. The Morgan fingerprint density at radius 2 is 2.00 bits per heavy atom. The Morgan fingerprint density at radius 3 is 2.56 bits per heavy atom. The molecule has 0 amide bonds. The molecule has 0 atom stereocenters. The lowest BCUT2D eigenvalue weighted by molar-refractivity contribution is 0.368. The van der Waals surface area contributed by atoms with Crippen LogP contribution in [0.3, 0.4) is 0 Å². The van der Waals surface area contributed by atoms with Crippen LogP contribution in [0, 0.1) is 17.2 Å². The summed E-state index contributed by atoms with van der Waals surface area (Å²) in [7, 11) is -3.24. The molecule has 18 heavy (non-hydrogen) atoms. The molecule has 1 N–H and O–H groups in total. The smallest absolute Gasteiger partial charge is 0.232 e. The van der Waals surface area contributed by atoms with Crippen molar-refractivity contribution in [1.29, 1.82) is 5.26 Å². The van der Waals surface area contributed by atoms with Gasteiger partial charge in [-0.25, -0.2) is 8.42 Å². The molecule has 1 aliphatic carbocycles. The summed E-state index contributed by atoms with van der Waals surface area (Å²) in [6.07, 6.45) is 2.00. The van der Waals surface area contributed by atoms with Crippen LogP contribution in [0.5, 0.6) is 5.75 Å². The normalized spacial score (nSPS) is 14.8. The van der Waals surface area contributed by atoms with E-state index in [1.165, 1.54) is 0 Å². The Morgan fingerprint density at radius 1 is 1.33 bits per heavy atom. The van der Waals surface area contributed by atoms with Gasteiger partial charge < -0.3 is 4.74 Å². The average Bonchev–Trinajstić information content (AvgIpc) is 3.11. The number of benzene rings is 1. The molecule has 6 heteroatoms. The van der Waals surface area contributed by atoms with Crippen LogP contribution in [-0.2, 0) is 10.0 Å². The van der Waals surface area contributed by atoms with Crippen LogP contribution in [0.4, 0.5) is 5.69 Å². The Balaban J connectivity index is 1.95. The lowest BCUT2D eigenvalue weighted by atomic mass is 10.3. The number of rotatable bonds is 6. The second kappa shape index (κ2) is 5.27. The van der Waals surface area contributed by atoms with Crippen molar-refractivity contribution in [1.82, 2.24) is 0 Å². The van der Waals surface area contributed by atoms with Crippen LogP contribution in [0.1, 0.15) is 12.8 Å². The summed E-state index contributed by atoms with van der Waals surface area (Å²) in [5.74, 6) is 1.06. The van der Waals surface area contributed by atoms with Gasteiger partial charge in [0.1, 0.15) is 11.8 Å². The number of ether oxygens (including phenoxy) is 1. The topological polar surface area (TPSA) is 79.2 Å². The van der Waals surface area contributed by atoms with Gasteiger partial charge in [0, 0.05) is 5.69 Å². The lowest BCUT2D eigenvalue weighted by Gasteiger charge is -2.08. The predicted molar refractivity (Wildman–Crippen MR) is 67.7 cm³/mol. The van der Waals surface area contributed by atoms with Crippen molar-refractivity contribution < 1.29 is 13.2 Å². The Hall–Kier alpha value is -1.74. The number of sulfonamides is 1. The van der Waals surface area contributed by atoms with Crippen LogP contribution in [0.15, 0.2) is 24.3 Å². The molecule has 1 aromatic rings. The molecule has 0 spiro atoms. The summed E-state index contributed by atoms with van der Waals surface area (Å²) in [6.45, 7) is -0.0211. The highest BCUT2D eigenvalue weighted by molar-refractivity contribution is 7.92. The molecule has 1 aromatic carbocycles. The van der Waals surface area contributed by atoms with Gasteiger partial charge in [-0.2, -0.15) is 5.26 Å². The summed E-state index contributed by atoms with van der Waals surface area (Å²) in [5, 5.41) is 8.36. The predicted octanol–water partition coefficient (Wildman–Crippen LogP) is 1.74. The van der Waals surface area contributed by atoms with E-state index in [0.29, 0.717) is 17.4 Å². The molecule has 0 radical (unpaired) electrons. The number of nitriles is 1. The van der Waals surface area contributed by atoms with Crippen LogP contribution in [0.2, 0.25) is 0 Å². The largest absolute Gasteiger partial charge is 0.479 e. The number of hydrogen-bond donors (Lipinski definition) is 1. The highest BCUT2D eigenvalue weighted by atomic mass is 32.2. The molecule has 5 nitrogen and oxygen atoms in total. The van der Waals surface area contributed by atoms with E-state index in [2.05, 4.69) is 4.72 Å². The van der Waals surface area contributed by atoms with Gasteiger partial charge in [-0.15, -0.1) is 0 Å². The zero-order valence-electron chi connectivity index (χ0n) is 9.80. The van der Waals surface area contributed by atoms with E-state index < -0.39 is 10.0 Å². The molecule has 0 heterocycles. The maximum atomic E-state index is 11.7. The van der Waals surface area contributed by atoms with E-state index in [1.54, 1.807) is 24.3 Å². The summed E-state index contributed by atoms with van der Waals surface area (Å²) in [4.78, 5) is 0. The minimum Gasteiger partial charge on any atom is -0.479 e. The van der Waals surface area contributed by atoms with Gasteiger partial charge in [0.15, 0.2) is 6.61 Å². The van der Waals surface area contributed by atoms with Crippen molar-refractivity contribution in [2.75, 3.05) is 17.1 Å². The second-order valence-corrected chi connectivity index (χ2v) is 6.06. The molecule has 1 fully saturated rings. The molecule has 0 saturated heterocycles. The molecular formula is C12H14N2O3S. The highest BCUT2D eigenvalue weighted by Crippen LogP contribution is 2.30. The Labute approximate surface area is 106 Å². The van der Waals surface area contributed by atoms with Crippen molar-refractivity contribution in [2.45, 2.75) is 12.8 Å². The van der Waals surface area contributed by atoms with E-state index in [4.69, 9.17) is 10.00 Å². The van der Waals surface area contributed by atoms with E-state index in [-0.39, 0.29) is 12.4 Å². The Kier molecular flexibility index (Phi) is 3.72. The van der Waals surface area contributed by atoms with Crippen LogP contribution in [0.25, 0.3) is 0 Å². The maximum Gasteiger partial charge on any atom is 0.232 e. The number of anilines is 1. The summed E-state index contributed by atoms with van der Waals surface area (Å²) >= 11 is 0. The number of hydrogen-bond acceptors (Lipinski definition) is 4. The van der Waals surface area contributed by atoms with E-state index in [9.17, 15) is 8.42 Å².